The molecule has 0 saturated heterocycles. The van der Waals surface area contributed by atoms with E-state index in [-0.39, 0.29) is 23.3 Å². The first-order valence-electron chi connectivity index (χ1n) is 8.10. The molecule has 0 fully saturated rings. The van der Waals surface area contributed by atoms with Crippen molar-refractivity contribution >= 4 is 22.5 Å². The van der Waals surface area contributed by atoms with Crippen LogP contribution in [-0.4, -0.2) is 28.1 Å². The summed E-state index contributed by atoms with van der Waals surface area (Å²) in [5.41, 5.74) is 1.55. The lowest BCUT2D eigenvalue weighted by molar-refractivity contribution is -0.384. The summed E-state index contributed by atoms with van der Waals surface area (Å²) < 4.78 is 5.14. The van der Waals surface area contributed by atoms with Crippen molar-refractivity contribution in [2.45, 2.75) is 19.4 Å². The van der Waals surface area contributed by atoms with Crippen LogP contribution in [-0.2, 0) is 0 Å². The molecule has 1 aromatic heterocycles. The third-order valence-electron chi connectivity index (χ3n) is 4.20. The molecule has 134 valence electrons. The monoisotopic (exact) mass is 354 g/mol. The zero-order valence-corrected chi connectivity index (χ0v) is 14.4. The Morgan fingerprint density at radius 1 is 1.31 bits per heavy atom. The van der Waals surface area contributed by atoms with Gasteiger partial charge in [-0.05, 0) is 30.2 Å². The number of fused-ring (bicyclic) bond motifs is 1. The molecule has 3 rings (SSSR count). The molecule has 1 unspecified atom stereocenters. The molecule has 0 aliphatic heterocycles. The highest BCUT2D eigenvalue weighted by atomic mass is 16.6. The number of aromatic amines is 1. The van der Waals surface area contributed by atoms with Crippen LogP contribution in [0.1, 0.15) is 35.4 Å². The van der Waals surface area contributed by atoms with E-state index >= 15 is 0 Å². The van der Waals surface area contributed by atoms with Crippen molar-refractivity contribution in [3.63, 3.8) is 0 Å². The maximum Gasteiger partial charge on any atom is 0.272 e. The van der Waals surface area contributed by atoms with Crippen molar-refractivity contribution < 1.29 is 14.5 Å². The first-order chi connectivity index (χ1) is 12.5. The summed E-state index contributed by atoms with van der Waals surface area (Å²) in [7, 11) is 1.59. The van der Waals surface area contributed by atoms with Gasteiger partial charge >= 0.3 is 0 Å². The second-order valence-electron chi connectivity index (χ2n) is 5.77. The number of carbonyl (C=O) groups is 1. The molecule has 0 aliphatic carbocycles. The number of H-pyrrole nitrogens is 1. The van der Waals surface area contributed by atoms with E-state index in [0.29, 0.717) is 17.3 Å². The predicted molar refractivity (Wildman–Crippen MR) is 96.2 cm³/mol. The molecule has 8 heteroatoms. The Morgan fingerprint density at radius 2 is 2.04 bits per heavy atom. The number of amides is 1. The lowest BCUT2D eigenvalue weighted by atomic mass is 10.0. The van der Waals surface area contributed by atoms with Crippen LogP contribution in [0.5, 0.6) is 5.75 Å². The van der Waals surface area contributed by atoms with Crippen LogP contribution in [0.25, 0.3) is 10.9 Å². The number of hydrogen-bond donors (Lipinski definition) is 2. The van der Waals surface area contributed by atoms with Crippen LogP contribution < -0.4 is 10.1 Å². The minimum absolute atomic E-state index is 0.0878. The van der Waals surface area contributed by atoms with E-state index in [1.165, 1.54) is 18.2 Å². The van der Waals surface area contributed by atoms with E-state index in [2.05, 4.69) is 15.5 Å². The molecule has 0 bridgehead atoms. The zero-order chi connectivity index (χ0) is 18.7. The second-order valence-corrected chi connectivity index (χ2v) is 5.77. The van der Waals surface area contributed by atoms with Crippen LogP contribution >= 0.6 is 0 Å². The fourth-order valence-corrected chi connectivity index (χ4v) is 2.77. The zero-order valence-electron chi connectivity index (χ0n) is 14.4. The molecule has 1 heterocycles. The fourth-order valence-electron chi connectivity index (χ4n) is 2.77. The largest absolute Gasteiger partial charge is 0.497 e. The third kappa shape index (κ3) is 3.34. The number of hydrogen-bond acceptors (Lipinski definition) is 5. The van der Waals surface area contributed by atoms with Crippen molar-refractivity contribution in [3.8, 4) is 5.75 Å². The molecule has 0 aliphatic rings. The molecule has 0 radical (unpaired) electrons. The number of carbonyl (C=O) groups excluding carboxylic acids is 1. The lowest BCUT2D eigenvalue weighted by Gasteiger charge is -2.17. The predicted octanol–water partition coefficient (Wildman–Crippen LogP) is 3.36. The van der Waals surface area contributed by atoms with E-state index in [1.807, 2.05) is 31.2 Å². The van der Waals surface area contributed by atoms with Gasteiger partial charge in [-0.1, -0.05) is 19.1 Å². The Kier molecular flexibility index (Phi) is 4.83. The van der Waals surface area contributed by atoms with E-state index in [4.69, 9.17) is 4.74 Å². The van der Waals surface area contributed by atoms with E-state index in [9.17, 15) is 14.9 Å². The molecule has 3 aromatic rings. The molecule has 0 saturated carbocycles. The number of nitrogens with one attached hydrogen (secondary N) is 2. The minimum Gasteiger partial charge on any atom is -0.497 e. The summed E-state index contributed by atoms with van der Waals surface area (Å²) >= 11 is 0. The molecular weight excluding hydrogens is 336 g/mol. The first kappa shape index (κ1) is 17.4. The average Bonchev–Trinajstić information content (AvgIpc) is 3.09. The number of rotatable bonds is 6. The quantitative estimate of drug-likeness (QED) is 0.521. The van der Waals surface area contributed by atoms with Crippen LogP contribution in [0.3, 0.4) is 0 Å². The highest BCUT2D eigenvalue weighted by Gasteiger charge is 2.20. The summed E-state index contributed by atoms with van der Waals surface area (Å²) in [6.07, 6.45) is 0.681. The minimum atomic E-state index is -0.500. The topological polar surface area (TPSA) is 110 Å². The van der Waals surface area contributed by atoms with Gasteiger partial charge in [0.05, 0.1) is 23.6 Å². The summed E-state index contributed by atoms with van der Waals surface area (Å²) in [5, 5.41) is 21.1. The van der Waals surface area contributed by atoms with Crippen molar-refractivity contribution in [1.82, 2.24) is 15.5 Å². The van der Waals surface area contributed by atoms with Gasteiger partial charge in [0.1, 0.15) is 5.75 Å². The van der Waals surface area contributed by atoms with Gasteiger partial charge in [-0.25, -0.2) is 0 Å². The van der Waals surface area contributed by atoms with Gasteiger partial charge in [0, 0.05) is 17.5 Å². The molecule has 1 amide bonds. The van der Waals surface area contributed by atoms with Crippen LogP contribution in [0.15, 0.2) is 42.5 Å². The van der Waals surface area contributed by atoms with Gasteiger partial charge in [0.25, 0.3) is 11.6 Å². The molecule has 8 nitrogen and oxygen atoms in total. The van der Waals surface area contributed by atoms with Crippen molar-refractivity contribution in [2.75, 3.05) is 7.11 Å². The molecular formula is C18H18N4O4. The number of nitro groups is 1. The SMILES string of the molecule is CCC(NC(=O)c1n[nH]c2ccc([N+](=O)[O-])cc12)c1ccc(OC)cc1. The van der Waals surface area contributed by atoms with Gasteiger partial charge in [0.15, 0.2) is 5.69 Å². The standard InChI is InChI=1S/C18H18N4O4/c1-3-15(11-4-7-13(26-2)8-5-11)19-18(23)17-14-10-12(22(24)25)6-9-16(14)20-21-17/h4-10,15H,3H2,1-2H3,(H,19,23)(H,20,21). The molecule has 2 aromatic carbocycles. The Balaban J connectivity index is 1.87. The number of non-ortho nitro benzene ring substituents is 1. The smallest absolute Gasteiger partial charge is 0.272 e. The van der Waals surface area contributed by atoms with E-state index < -0.39 is 4.92 Å². The normalized spacial score (nSPS) is 11.9. The van der Waals surface area contributed by atoms with Crippen LogP contribution in [0.2, 0.25) is 0 Å². The molecule has 2 N–H and O–H groups in total. The van der Waals surface area contributed by atoms with Gasteiger partial charge in [0.2, 0.25) is 0 Å². The van der Waals surface area contributed by atoms with E-state index in [1.54, 1.807) is 7.11 Å². The summed E-state index contributed by atoms with van der Waals surface area (Å²) in [4.78, 5) is 23.2. The number of benzene rings is 2. The fraction of sp³-hybridized carbons (Fsp3) is 0.222. The van der Waals surface area contributed by atoms with Crippen molar-refractivity contribution in [2.24, 2.45) is 0 Å². The summed E-state index contributed by atoms with van der Waals surface area (Å²) in [6.45, 7) is 1.96. The summed E-state index contributed by atoms with van der Waals surface area (Å²) in [5.74, 6) is 0.347. The van der Waals surface area contributed by atoms with E-state index in [0.717, 1.165) is 11.3 Å². The Bertz CT molecular complexity index is 949. The third-order valence-corrected chi connectivity index (χ3v) is 4.20. The summed E-state index contributed by atoms with van der Waals surface area (Å²) in [6, 6.07) is 11.5. The van der Waals surface area contributed by atoms with Gasteiger partial charge in [-0.2, -0.15) is 5.10 Å². The highest BCUT2D eigenvalue weighted by Crippen LogP contribution is 2.24. The molecule has 0 spiro atoms. The second kappa shape index (κ2) is 7.22. The number of nitrogens with zero attached hydrogens (tertiary/aromatic N) is 2. The number of aromatic nitrogens is 2. The number of nitro benzene ring substituents is 1. The van der Waals surface area contributed by atoms with Crippen LogP contribution in [0.4, 0.5) is 5.69 Å². The maximum absolute atomic E-state index is 12.7. The van der Waals surface area contributed by atoms with Crippen molar-refractivity contribution in [3.05, 3.63) is 63.8 Å². The van der Waals surface area contributed by atoms with Gasteiger partial charge in [-0.15, -0.1) is 0 Å². The Hall–Kier alpha value is -3.42. The average molecular weight is 354 g/mol. The van der Waals surface area contributed by atoms with Crippen molar-refractivity contribution in [1.29, 1.82) is 0 Å². The van der Waals surface area contributed by atoms with Gasteiger partial charge < -0.3 is 10.1 Å². The molecule has 1 atom stereocenters. The molecule has 26 heavy (non-hydrogen) atoms. The Morgan fingerprint density at radius 3 is 2.65 bits per heavy atom. The Labute approximate surface area is 149 Å². The van der Waals surface area contributed by atoms with Crippen LogP contribution in [0, 0.1) is 10.1 Å². The lowest BCUT2D eigenvalue weighted by Crippen LogP contribution is -2.28. The number of methoxy groups -OCH3 is 1. The first-order valence-corrected chi connectivity index (χ1v) is 8.10. The maximum atomic E-state index is 12.7. The number of ether oxygens (including phenoxy) is 1. The highest BCUT2D eigenvalue weighted by molar-refractivity contribution is 6.05. The van der Waals surface area contributed by atoms with Gasteiger partial charge in [-0.3, -0.25) is 20.0 Å².